The maximum Gasteiger partial charge on any atom is 0.126 e. The average Bonchev–Trinajstić information content (AvgIpc) is 2.13. The molecule has 2 atom stereocenters. The van der Waals surface area contributed by atoms with Crippen LogP contribution in [0.2, 0.25) is 0 Å². The highest BCUT2D eigenvalue weighted by Gasteiger charge is 2.33. The van der Waals surface area contributed by atoms with E-state index in [9.17, 15) is 5.11 Å². The van der Waals surface area contributed by atoms with Gasteiger partial charge in [-0.25, -0.2) is 0 Å². The van der Waals surface area contributed by atoms with Gasteiger partial charge in [0, 0.05) is 12.5 Å². The van der Waals surface area contributed by atoms with Gasteiger partial charge in [-0.1, -0.05) is 5.92 Å². The molecule has 1 aliphatic rings. The molecule has 1 saturated carbocycles. The molecule has 0 saturated heterocycles. The molecule has 1 rings (SSSR count). The van der Waals surface area contributed by atoms with Crippen LogP contribution in [0.3, 0.4) is 0 Å². The summed E-state index contributed by atoms with van der Waals surface area (Å²) in [5.41, 5.74) is 4.64. The van der Waals surface area contributed by atoms with Crippen molar-refractivity contribution in [2.75, 3.05) is 0 Å². The number of hydrogen-bond acceptors (Lipinski definition) is 2. The van der Waals surface area contributed by atoms with E-state index in [2.05, 4.69) is 5.92 Å². The summed E-state index contributed by atoms with van der Waals surface area (Å²) in [5.74, 6) is 2.35. The smallest absolute Gasteiger partial charge is 0.126 e. The Balaban J connectivity index is 2.58. The Morgan fingerprint density at radius 2 is 2.44 bits per heavy atom. The minimum absolute atomic E-state index is 0.103. The maximum absolute atomic E-state index is 9.35. The lowest BCUT2D eigenvalue weighted by atomic mass is 10.0. The summed E-state index contributed by atoms with van der Waals surface area (Å²) in [5, 5.41) is 9.35. The Morgan fingerprint density at radius 1 is 1.78 bits per heavy atom. The topological polar surface area (TPSA) is 46.2 Å². The molecule has 0 amide bonds. The van der Waals surface area contributed by atoms with Crippen molar-refractivity contribution in [2.24, 2.45) is 5.73 Å². The zero-order valence-electron chi connectivity index (χ0n) is 5.30. The minimum atomic E-state index is -0.889. The third kappa shape index (κ3) is 1.24. The first-order valence-electron chi connectivity index (χ1n) is 3.12. The molecule has 2 unspecified atom stereocenters. The van der Waals surface area contributed by atoms with Gasteiger partial charge in [0.25, 0.3) is 0 Å². The highest BCUT2D eigenvalue weighted by molar-refractivity contribution is 5.11. The van der Waals surface area contributed by atoms with E-state index in [0.29, 0.717) is 12.8 Å². The molecular formula is C7H11NO. The van der Waals surface area contributed by atoms with Crippen LogP contribution in [0.15, 0.2) is 0 Å². The van der Waals surface area contributed by atoms with Crippen LogP contribution in [-0.2, 0) is 0 Å². The predicted octanol–water partition coefficient (Wildman–Crippen LogP) is -0.138. The van der Waals surface area contributed by atoms with Gasteiger partial charge in [0.2, 0.25) is 0 Å². The molecule has 0 bridgehead atoms. The van der Waals surface area contributed by atoms with Crippen molar-refractivity contribution >= 4 is 0 Å². The molecule has 0 aromatic heterocycles. The van der Waals surface area contributed by atoms with Gasteiger partial charge in [0.15, 0.2) is 0 Å². The van der Waals surface area contributed by atoms with Crippen LogP contribution in [0.4, 0.5) is 0 Å². The van der Waals surface area contributed by atoms with E-state index in [1.165, 1.54) is 0 Å². The molecule has 1 fully saturated rings. The van der Waals surface area contributed by atoms with Gasteiger partial charge in [0.1, 0.15) is 5.60 Å². The second-order valence-electron chi connectivity index (χ2n) is 2.68. The van der Waals surface area contributed by atoms with Crippen molar-refractivity contribution in [2.45, 2.75) is 30.9 Å². The van der Waals surface area contributed by atoms with E-state index in [0.717, 1.165) is 6.42 Å². The summed E-state index contributed by atoms with van der Waals surface area (Å²) in [6.07, 6.45) is 7.14. The average molecular weight is 125 g/mol. The molecular weight excluding hydrogens is 114 g/mol. The minimum Gasteiger partial charge on any atom is -0.378 e. The zero-order valence-corrected chi connectivity index (χ0v) is 5.30. The fraction of sp³-hybridized carbons (Fsp3) is 0.714. The van der Waals surface area contributed by atoms with E-state index in [-0.39, 0.29) is 6.04 Å². The molecule has 50 valence electrons. The molecule has 0 radical (unpaired) electrons. The fourth-order valence-corrected chi connectivity index (χ4v) is 1.19. The lowest BCUT2D eigenvalue weighted by molar-refractivity contribution is 0.108. The number of hydrogen-bond donors (Lipinski definition) is 2. The van der Waals surface area contributed by atoms with Crippen LogP contribution < -0.4 is 5.73 Å². The monoisotopic (exact) mass is 125 g/mol. The van der Waals surface area contributed by atoms with Gasteiger partial charge in [-0.2, -0.15) is 0 Å². The molecule has 2 heteroatoms. The SMILES string of the molecule is C#CC1(O)CCC(N)C1. The fourth-order valence-electron chi connectivity index (χ4n) is 1.19. The van der Waals surface area contributed by atoms with E-state index >= 15 is 0 Å². The van der Waals surface area contributed by atoms with Crippen LogP contribution in [0.25, 0.3) is 0 Å². The summed E-state index contributed by atoms with van der Waals surface area (Å²) < 4.78 is 0. The Labute approximate surface area is 55.1 Å². The summed E-state index contributed by atoms with van der Waals surface area (Å²) in [6, 6.07) is 0.103. The maximum atomic E-state index is 9.35. The second kappa shape index (κ2) is 2.02. The van der Waals surface area contributed by atoms with Gasteiger partial charge in [-0.3, -0.25) is 0 Å². The van der Waals surface area contributed by atoms with Gasteiger partial charge in [-0.05, 0) is 12.8 Å². The Morgan fingerprint density at radius 3 is 2.67 bits per heavy atom. The van der Waals surface area contributed by atoms with Gasteiger partial charge in [0.05, 0.1) is 0 Å². The molecule has 2 nitrogen and oxygen atoms in total. The third-order valence-corrected chi connectivity index (χ3v) is 1.80. The number of nitrogens with two attached hydrogens (primary N) is 1. The number of rotatable bonds is 0. The van der Waals surface area contributed by atoms with Crippen molar-refractivity contribution < 1.29 is 5.11 Å². The molecule has 0 spiro atoms. The Hall–Kier alpha value is -0.520. The Bertz CT molecular complexity index is 149. The van der Waals surface area contributed by atoms with E-state index < -0.39 is 5.60 Å². The summed E-state index contributed by atoms with van der Waals surface area (Å²) in [4.78, 5) is 0. The van der Waals surface area contributed by atoms with Crippen molar-refractivity contribution in [1.82, 2.24) is 0 Å². The van der Waals surface area contributed by atoms with Gasteiger partial charge >= 0.3 is 0 Å². The molecule has 0 aromatic rings. The predicted molar refractivity (Wildman–Crippen MR) is 35.6 cm³/mol. The molecule has 3 N–H and O–H groups in total. The highest BCUT2D eigenvalue weighted by atomic mass is 16.3. The quantitative estimate of drug-likeness (QED) is 0.443. The van der Waals surface area contributed by atoms with Crippen LogP contribution >= 0.6 is 0 Å². The summed E-state index contributed by atoms with van der Waals surface area (Å²) in [6.45, 7) is 0. The zero-order chi connectivity index (χ0) is 6.91. The van der Waals surface area contributed by atoms with Crippen LogP contribution in [0.5, 0.6) is 0 Å². The first-order valence-corrected chi connectivity index (χ1v) is 3.12. The van der Waals surface area contributed by atoms with Crippen LogP contribution in [0, 0.1) is 12.3 Å². The first-order chi connectivity index (χ1) is 4.16. The highest BCUT2D eigenvalue weighted by Crippen LogP contribution is 2.27. The summed E-state index contributed by atoms with van der Waals surface area (Å²) >= 11 is 0. The third-order valence-electron chi connectivity index (χ3n) is 1.80. The molecule has 0 aliphatic heterocycles. The largest absolute Gasteiger partial charge is 0.378 e. The second-order valence-corrected chi connectivity index (χ2v) is 2.68. The lowest BCUT2D eigenvalue weighted by Crippen LogP contribution is -2.25. The van der Waals surface area contributed by atoms with Crippen LogP contribution in [-0.4, -0.2) is 16.7 Å². The molecule has 0 heterocycles. The number of aliphatic hydroxyl groups is 1. The van der Waals surface area contributed by atoms with E-state index in [1.54, 1.807) is 0 Å². The van der Waals surface area contributed by atoms with E-state index in [1.807, 2.05) is 0 Å². The molecule has 9 heavy (non-hydrogen) atoms. The van der Waals surface area contributed by atoms with Crippen molar-refractivity contribution in [1.29, 1.82) is 0 Å². The summed E-state index contributed by atoms with van der Waals surface area (Å²) in [7, 11) is 0. The molecule has 1 aliphatic carbocycles. The van der Waals surface area contributed by atoms with E-state index in [4.69, 9.17) is 12.2 Å². The Kier molecular flexibility index (Phi) is 1.48. The van der Waals surface area contributed by atoms with Crippen LogP contribution in [0.1, 0.15) is 19.3 Å². The van der Waals surface area contributed by atoms with Crippen molar-refractivity contribution in [3.05, 3.63) is 0 Å². The van der Waals surface area contributed by atoms with Gasteiger partial charge < -0.3 is 10.8 Å². The lowest BCUT2D eigenvalue weighted by Gasteiger charge is -2.12. The first kappa shape index (κ1) is 6.60. The van der Waals surface area contributed by atoms with Crippen molar-refractivity contribution in [3.8, 4) is 12.3 Å². The van der Waals surface area contributed by atoms with Gasteiger partial charge in [-0.15, -0.1) is 6.42 Å². The molecule has 0 aromatic carbocycles. The number of terminal acetylenes is 1. The van der Waals surface area contributed by atoms with Crippen molar-refractivity contribution in [3.63, 3.8) is 0 Å². The standard InChI is InChI=1S/C7H11NO/c1-2-7(9)4-3-6(8)5-7/h1,6,9H,3-5,8H2. The normalized spacial score (nSPS) is 42.6.